The Kier molecular flexibility index (Phi) is 5.72. The number of hydrogen-bond acceptors (Lipinski definition) is 7. The van der Waals surface area contributed by atoms with Crippen LogP contribution in [0.3, 0.4) is 0 Å². The van der Waals surface area contributed by atoms with Crippen molar-refractivity contribution in [3.8, 4) is 0 Å². The minimum absolute atomic E-state index is 0.0826. The van der Waals surface area contributed by atoms with E-state index < -0.39 is 28.9 Å². The highest BCUT2D eigenvalue weighted by molar-refractivity contribution is 5.99. The van der Waals surface area contributed by atoms with E-state index in [9.17, 15) is 24.5 Å². The van der Waals surface area contributed by atoms with Crippen LogP contribution in [0.1, 0.15) is 17.3 Å². The van der Waals surface area contributed by atoms with Crippen LogP contribution < -0.4 is 10.6 Å². The van der Waals surface area contributed by atoms with E-state index in [0.29, 0.717) is 12.2 Å². The molecule has 2 N–H and O–H groups in total. The maximum absolute atomic E-state index is 12.4. The third-order valence-electron chi connectivity index (χ3n) is 4.24. The molecule has 1 atom stereocenters. The lowest BCUT2D eigenvalue weighted by atomic mass is 10.1. The van der Waals surface area contributed by atoms with Gasteiger partial charge in [-0.15, -0.1) is 0 Å². The zero-order chi connectivity index (χ0) is 21.0. The number of nitro benzene ring substituents is 1. The normalized spacial score (nSPS) is 14.1. The van der Waals surface area contributed by atoms with Crippen molar-refractivity contribution in [2.24, 2.45) is 0 Å². The van der Waals surface area contributed by atoms with E-state index in [-0.39, 0.29) is 23.5 Å². The van der Waals surface area contributed by atoms with Gasteiger partial charge in [0.05, 0.1) is 10.5 Å². The third-order valence-corrected chi connectivity index (χ3v) is 4.24. The van der Waals surface area contributed by atoms with E-state index in [0.717, 1.165) is 11.0 Å². The van der Waals surface area contributed by atoms with Gasteiger partial charge in [0.15, 0.2) is 6.10 Å². The van der Waals surface area contributed by atoms with Gasteiger partial charge in [0, 0.05) is 24.8 Å². The predicted octanol–water partition coefficient (Wildman–Crippen LogP) is 2.44. The molecule has 2 aromatic carbocycles. The fraction of sp³-hybridized carbons (Fsp3) is 0.211. The van der Waals surface area contributed by atoms with E-state index in [2.05, 4.69) is 10.6 Å². The number of carbonyl (C=O) groups excluding carboxylic acids is 3. The van der Waals surface area contributed by atoms with Crippen LogP contribution in [0.5, 0.6) is 0 Å². The Balaban J connectivity index is 1.75. The highest BCUT2D eigenvalue weighted by atomic mass is 16.6. The number of rotatable bonds is 6. The molecule has 10 heteroatoms. The molecule has 3 amide bonds. The van der Waals surface area contributed by atoms with E-state index in [4.69, 9.17) is 4.74 Å². The number of para-hydroxylation sites is 1. The third kappa shape index (κ3) is 4.49. The van der Waals surface area contributed by atoms with E-state index in [1.165, 1.54) is 19.1 Å². The molecule has 2 aromatic rings. The molecule has 0 radical (unpaired) electrons. The topological polar surface area (TPSA) is 131 Å². The molecule has 150 valence electrons. The predicted molar refractivity (Wildman–Crippen MR) is 103 cm³/mol. The van der Waals surface area contributed by atoms with Crippen molar-refractivity contribution in [1.29, 1.82) is 0 Å². The van der Waals surface area contributed by atoms with Gasteiger partial charge >= 0.3 is 12.0 Å². The molecule has 10 nitrogen and oxygen atoms in total. The van der Waals surface area contributed by atoms with Crippen molar-refractivity contribution in [1.82, 2.24) is 10.2 Å². The summed E-state index contributed by atoms with van der Waals surface area (Å²) in [7, 11) is 0. The Morgan fingerprint density at radius 3 is 2.59 bits per heavy atom. The molecule has 0 unspecified atom stereocenters. The summed E-state index contributed by atoms with van der Waals surface area (Å²) in [6.45, 7) is 1.85. The lowest BCUT2D eigenvalue weighted by Gasteiger charge is -2.18. The average molecular weight is 398 g/mol. The van der Waals surface area contributed by atoms with E-state index in [1.54, 1.807) is 24.3 Å². The van der Waals surface area contributed by atoms with Gasteiger partial charge in [0.25, 0.3) is 11.6 Å². The van der Waals surface area contributed by atoms with Gasteiger partial charge in [0.2, 0.25) is 0 Å². The highest BCUT2D eigenvalue weighted by Crippen LogP contribution is 2.29. The monoisotopic (exact) mass is 398 g/mol. The van der Waals surface area contributed by atoms with Crippen molar-refractivity contribution in [2.45, 2.75) is 13.0 Å². The summed E-state index contributed by atoms with van der Waals surface area (Å²) in [5.74, 6) is -1.56. The van der Waals surface area contributed by atoms with Gasteiger partial charge in [-0.3, -0.25) is 19.8 Å². The molecule has 0 spiro atoms. The SMILES string of the molecule is C[C@H](OC(=O)c1ccc(Nc2ccccc2)c([N+](=O)[O-])c1)C(=O)N1CCNC1=O. The van der Waals surface area contributed by atoms with Gasteiger partial charge in [-0.2, -0.15) is 0 Å². The first-order valence-electron chi connectivity index (χ1n) is 8.77. The molecule has 29 heavy (non-hydrogen) atoms. The zero-order valence-electron chi connectivity index (χ0n) is 15.5. The molecule has 0 bridgehead atoms. The number of nitro groups is 1. The van der Waals surface area contributed by atoms with Crippen LogP contribution in [-0.2, 0) is 9.53 Å². The van der Waals surface area contributed by atoms with Crippen molar-refractivity contribution in [3.63, 3.8) is 0 Å². The average Bonchev–Trinajstić information content (AvgIpc) is 3.14. The Labute approximate surface area is 165 Å². The Bertz CT molecular complexity index is 962. The van der Waals surface area contributed by atoms with Gasteiger partial charge in [-0.05, 0) is 31.2 Å². The first-order chi connectivity index (χ1) is 13.9. The summed E-state index contributed by atoms with van der Waals surface area (Å²) in [5, 5.41) is 16.8. The Morgan fingerprint density at radius 2 is 1.97 bits per heavy atom. The van der Waals surface area contributed by atoms with Gasteiger partial charge in [-0.1, -0.05) is 18.2 Å². The number of ether oxygens (including phenoxy) is 1. The molecule has 1 aliphatic heterocycles. The van der Waals surface area contributed by atoms with Crippen molar-refractivity contribution < 1.29 is 24.0 Å². The largest absolute Gasteiger partial charge is 0.449 e. The number of nitrogens with zero attached hydrogens (tertiary/aromatic N) is 2. The molecule has 1 fully saturated rings. The van der Waals surface area contributed by atoms with Crippen LogP contribution in [0.4, 0.5) is 21.9 Å². The maximum atomic E-state index is 12.4. The molecule has 0 aliphatic carbocycles. The summed E-state index contributed by atoms with van der Waals surface area (Å²) >= 11 is 0. The number of urea groups is 1. The maximum Gasteiger partial charge on any atom is 0.339 e. The number of nitrogens with one attached hydrogen (secondary N) is 2. The molecular weight excluding hydrogens is 380 g/mol. The minimum Gasteiger partial charge on any atom is -0.449 e. The number of benzene rings is 2. The molecule has 1 saturated heterocycles. The summed E-state index contributed by atoms with van der Waals surface area (Å²) in [5.41, 5.74) is 0.451. The number of hydrogen-bond donors (Lipinski definition) is 2. The van der Waals surface area contributed by atoms with E-state index in [1.807, 2.05) is 6.07 Å². The standard InChI is InChI=1S/C19H18N4O6/c1-12(17(24)22-10-9-20-19(22)26)29-18(25)13-7-8-15(16(11-13)23(27)28)21-14-5-3-2-4-6-14/h2-8,11-12,21H,9-10H2,1H3,(H,20,26)/t12-/m0/s1. The van der Waals surface area contributed by atoms with Crippen molar-refractivity contribution in [3.05, 3.63) is 64.2 Å². The molecule has 1 aliphatic rings. The summed E-state index contributed by atoms with van der Waals surface area (Å²) in [6.07, 6.45) is -1.22. The second kappa shape index (κ2) is 8.38. The number of carbonyl (C=O) groups is 3. The number of anilines is 2. The van der Waals surface area contributed by atoms with Gasteiger partial charge in [0.1, 0.15) is 5.69 Å². The van der Waals surface area contributed by atoms with Crippen LogP contribution in [0.2, 0.25) is 0 Å². The lowest BCUT2D eigenvalue weighted by molar-refractivity contribution is -0.383. The molecular formula is C19H18N4O6. The first-order valence-corrected chi connectivity index (χ1v) is 8.77. The fourth-order valence-corrected chi connectivity index (χ4v) is 2.77. The van der Waals surface area contributed by atoms with Crippen LogP contribution in [-0.4, -0.2) is 46.9 Å². The smallest absolute Gasteiger partial charge is 0.339 e. The summed E-state index contributed by atoms with van der Waals surface area (Å²) in [4.78, 5) is 47.9. The van der Waals surface area contributed by atoms with Crippen LogP contribution in [0.25, 0.3) is 0 Å². The van der Waals surface area contributed by atoms with Crippen molar-refractivity contribution in [2.75, 3.05) is 18.4 Å². The van der Waals surface area contributed by atoms with Gasteiger partial charge < -0.3 is 15.4 Å². The number of imide groups is 1. The molecule has 3 rings (SSSR count). The Morgan fingerprint density at radius 1 is 1.24 bits per heavy atom. The van der Waals surface area contributed by atoms with Gasteiger partial charge in [-0.25, -0.2) is 9.59 Å². The molecule has 0 aromatic heterocycles. The number of esters is 1. The van der Waals surface area contributed by atoms with Crippen LogP contribution >= 0.6 is 0 Å². The number of amides is 3. The molecule has 1 heterocycles. The zero-order valence-corrected chi connectivity index (χ0v) is 15.5. The fourth-order valence-electron chi connectivity index (χ4n) is 2.77. The van der Waals surface area contributed by atoms with E-state index >= 15 is 0 Å². The second-order valence-electron chi connectivity index (χ2n) is 6.25. The lowest BCUT2D eigenvalue weighted by Crippen LogP contribution is -2.41. The summed E-state index contributed by atoms with van der Waals surface area (Å²) in [6, 6.07) is 12.1. The summed E-state index contributed by atoms with van der Waals surface area (Å²) < 4.78 is 5.10. The van der Waals surface area contributed by atoms with Crippen LogP contribution in [0, 0.1) is 10.1 Å². The minimum atomic E-state index is -1.22. The molecule has 0 saturated carbocycles. The van der Waals surface area contributed by atoms with Crippen molar-refractivity contribution >= 4 is 35.0 Å². The Hall–Kier alpha value is -3.95. The van der Waals surface area contributed by atoms with Crippen LogP contribution in [0.15, 0.2) is 48.5 Å². The quantitative estimate of drug-likeness (QED) is 0.434. The highest BCUT2D eigenvalue weighted by Gasteiger charge is 2.32. The second-order valence-corrected chi connectivity index (χ2v) is 6.25. The first kappa shape index (κ1) is 19.8.